The van der Waals surface area contributed by atoms with Crippen molar-refractivity contribution < 1.29 is 0 Å². The summed E-state index contributed by atoms with van der Waals surface area (Å²) in [5.41, 5.74) is 0.975. The second kappa shape index (κ2) is 8.01. The fourth-order valence-electron chi connectivity index (χ4n) is 3.78. The predicted molar refractivity (Wildman–Crippen MR) is 110 cm³/mol. The molecule has 0 unspecified atom stereocenters. The molecule has 0 aliphatic carbocycles. The van der Waals surface area contributed by atoms with Crippen molar-refractivity contribution in [3.63, 3.8) is 0 Å². The largest absolute Gasteiger partial charge is 0.355 e. The number of anilines is 2. The van der Waals surface area contributed by atoms with Crippen LogP contribution in [-0.4, -0.2) is 36.1 Å². The Balaban J connectivity index is 1.78. The second-order valence-electron chi connectivity index (χ2n) is 7.11. The van der Waals surface area contributed by atoms with Crippen molar-refractivity contribution in [2.45, 2.75) is 38.5 Å². The van der Waals surface area contributed by atoms with E-state index in [4.69, 9.17) is 33.2 Å². The lowest BCUT2D eigenvalue weighted by atomic mass is 10.1. The molecule has 2 aliphatic heterocycles. The molecular weight excluding hydrogens is 367 g/mol. The zero-order valence-corrected chi connectivity index (χ0v) is 16.4. The number of rotatable bonds is 3. The van der Waals surface area contributed by atoms with Gasteiger partial charge in [-0.25, -0.2) is 9.97 Å². The van der Waals surface area contributed by atoms with Crippen LogP contribution in [0.1, 0.15) is 38.5 Å². The molecule has 0 amide bonds. The number of halogens is 2. The molecule has 26 heavy (non-hydrogen) atoms. The maximum Gasteiger partial charge on any atom is 0.163 e. The van der Waals surface area contributed by atoms with E-state index in [2.05, 4.69) is 9.80 Å². The maximum absolute atomic E-state index is 6.83. The minimum Gasteiger partial charge on any atom is -0.355 e. The highest BCUT2D eigenvalue weighted by atomic mass is 35.5. The van der Waals surface area contributed by atoms with Crippen LogP contribution in [0.5, 0.6) is 0 Å². The third-order valence-electron chi connectivity index (χ3n) is 5.23. The van der Waals surface area contributed by atoms with E-state index in [-0.39, 0.29) is 0 Å². The van der Waals surface area contributed by atoms with Crippen LogP contribution in [0.3, 0.4) is 0 Å². The molecule has 2 fully saturated rings. The topological polar surface area (TPSA) is 32.3 Å². The average molecular weight is 391 g/mol. The predicted octanol–water partition coefficient (Wildman–Crippen LogP) is 5.43. The van der Waals surface area contributed by atoms with Gasteiger partial charge in [-0.15, -0.1) is 0 Å². The first-order valence-corrected chi connectivity index (χ1v) is 10.3. The Labute approximate surface area is 165 Å². The molecule has 2 aromatic rings. The Bertz CT molecular complexity index is 712. The van der Waals surface area contributed by atoms with E-state index in [1.165, 1.54) is 38.5 Å². The Kier molecular flexibility index (Phi) is 5.51. The Morgan fingerprint density at radius 3 is 1.58 bits per heavy atom. The molecule has 1 aromatic carbocycles. The Hall–Kier alpha value is -1.52. The number of piperidine rings is 2. The molecule has 3 heterocycles. The zero-order chi connectivity index (χ0) is 17.9. The molecule has 0 N–H and O–H groups in total. The Morgan fingerprint density at radius 2 is 1.12 bits per heavy atom. The van der Waals surface area contributed by atoms with Crippen LogP contribution in [0.15, 0.2) is 24.3 Å². The third-order valence-corrected chi connectivity index (χ3v) is 5.82. The lowest BCUT2D eigenvalue weighted by Gasteiger charge is -2.32. The molecule has 2 saturated heterocycles. The minimum absolute atomic E-state index is 0.700. The Morgan fingerprint density at radius 1 is 0.654 bits per heavy atom. The number of benzene rings is 1. The first kappa shape index (κ1) is 17.9. The molecule has 6 heteroatoms. The lowest BCUT2D eigenvalue weighted by Crippen LogP contribution is -2.33. The minimum atomic E-state index is 0.700. The van der Waals surface area contributed by atoms with Crippen LogP contribution in [0.25, 0.3) is 11.4 Å². The molecule has 4 nitrogen and oxygen atoms in total. The van der Waals surface area contributed by atoms with Gasteiger partial charge < -0.3 is 9.80 Å². The summed E-state index contributed by atoms with van der Waals surface area (Å²) in [6, 6.07) is 7.73. The summed E-state index contributed by atoms with van der Waals surface area (Å²) < 4.78 is 0. The van der Waals surface area contributed by atoms with Gasteiger partial charge in [-0.1, -0.05) is 23.2 Å². The van der Waals surface area contributed by atoms with E-state index in [0.29, 0.717) is 5.02 Å². The smallest absolute Gasteiger partial charge is 0.163 e. The molecule has 138 valence electrons. The van der Waals surface area contributed by atoms with Gasteiger partial charge in [0.05, 0.1) is 0 Å². The molecule has 1 aromatic heterocycles. The third kappa shape index (κ3) is 3.77. The fourth-order valence-corrected chi connectivity index (χ4v) is 4.23. The summed E-state index contributed by atoms with van der Waals surface area (Å²) >= 11 is 12.9. The van der Waals surface area contributed by atoms with Crippen molar-refractivity contribution in [2.75, 3.05) is 36.0 Å². The molecule has 0 spiro atoms. The first-order chi connectivity index (χ1) is 12.7. The average Bonchev–Trinajstić information content (AvgIpc) is 2.70. The van der Waals surface area contributed by atoms with Crippen LogP contribution in [0, 0.1) is 0 Å². The van der Waals surface area contributed by atoms with E-state index in [0.717, 1.165) is 54.2 Å². The van der Waals surface area contributed by atoms with E-state index in [1.54, 1.807) is 0 Å². The summed E-state index contributed by atoms with van der Waals surface area (Å²) in [6.45, 7) is 4.04. The number of aromatic nitrogens is 2. The SMILES string of the molecule is Clc1ccc(-c2nc(N3CCCCC3)c(Cl)c(N3CCCCC3)n2)cc1. The van der Waals surface area contributed by atoms with Crippen LogP contribution < -0.4 is 9.80 Å². The van der Waals surface area contributed by atoms with Crippen LogP contribution in [-0.2, 0) is 0 Å². The van der Waals surface area contributed by atoms with Gasteiger partial charge >= 0.3 is 0 Å². The van der Waals surface area contributed by atoms with Crippen molar-refractivity contribution in [3.8, 4) is 11.4 Å². The fraction of sp³-hybridized carbons (Fsp3) is 0.500. The zero-order valence-electron chi connectivity index (χ0n) is 14.9. The van der Waals surface area contributed by atoms with Crippen molar-refractivity contribution >= 4 is 34.8 Å². The normalized spacial score (nSPS) is 18.2. The van der Waals surface area contributed by atoms with Crippen LogP contribution in [0.2, 0.25) is 10.0 Å². The van der Waals surface area contributed by atoms with Gasteiger partial charge in [-0.3, -0.25) is 0 Å². The van der Waals surface area contributed by atoms with Gasteiger partial charge in [0, 0.05) is 36.8 Å². The van der Waals surface area contributed by atoms with Crippen molar-refractivity contribution in [3.05, 3.63) is 34.3 Å². The second-order valence-corrected chi connectivity index (χ2v) is 7.93. The molecule has 2 aliphatic rings. The lowest BCUT2D eigenvalue weighted by molar-refractivity contribution is 0.567. The molecule has 0 saturated carbocycles. The first-order valence-electron chi connectivity index (χ1n) is 9.56. The van der Waals surface area contributed by atoms with Crippen molar-refractivity contribution in [1.29, 1.82) is 0 Å². The van der Waals surface area contributed by atoms with Crippen LogP contribution in [0.4, 0.5) is 11.6 Å². The van der Waals surface area contributed by atoms with Gasteiger partial charge in [0.2, 0.25) is 0 Å². The van der Waals surface area contributed by atoms with Gasteiger partial charge in [-0.2, -0.15) is 0 Å². The molecule has 4 rings (SSSR count). The van der Waals surface area contributed by atoms with Gasteiger partial charge in [0.25, 0.3) is 0 Å². The van der Waals surface area contributed by atoms with Gasteiger partial charge in [-0.05, 0) is 62.8 Å². The van der Waals surface area contributed by atoms with Crippen molar-refractivity contribution in [2.24, 2.45) is 0 Å². The number of nitrogens with zero attached hydrogens (tertiary/aromatic N) is 4. The number of hydrogen-bond donors (Lipinski definition) is 0. The molecular formula is C20H24Cl2N4. The van der Waals surface area contributed by atoms with Crippen LogP contribution >= 0.6 is 23.2 Å². The highest BCUT2D eigenvalue weighted by molar-refractivity contribution is 6.35. The monoisotopic (exact) mass is 390 g/mol. The summed E-state index contributed by atoms with van der Waals surface area (Å²) in [5.74, 6) is 2.49. The van der Waals surface area contributed by atoms with E-state index < -0.39 is 0 Å². The highest BCUT2D eigenvalue weighted by Crippen LogP contribution is 2.37. The van der Waals surface area contributed by atoms with E-state index in [9.17, 15) is 0 Å². The standard InChI is InChI=1S/C20H24Cl2N4/c21-16-9-7-15(8-10-16)18-23-19(25-11-3-1-4-12-25)17(22)20(24-18)26-13-5-2-6-14-26/h7-10H,1-6,11-14H2. The highest BCUT2D eigenvalue weighted by Gasteiger charge is 2.24. The quantitative estimate of drug-likeness (QED) is 0.698. The van der Waals surface area contributed by atoms with Gasteiger partial charge in [0.15, 0.2) is 17.5 Å². The van der Waals surface area contributed by atoms with E-state index in [1.807, 2.05) is 24.3 Å². The maximum atomic E-state index is 6.83. The summed E-state index contributed by atoms with van der Waals surface area (Å²) in [6.07, 6.45) is 7.32. The molecule has 0 bridgehead atoms. The summed E-state index contributed by atoms with van der Waals surface area (Å²) in [5, 5.41) is 1.42. The summed E-state index contributed by atoms with van der Waals surface area (Å²) in [7, 11) is 0. The molecule has 0 radical (unpaired) electrons. The number of hydrogen-bond acceptors (Lipinski definition) is 4. The summed E-state index contributed by atoms with van der Waals surface area (Å²) in [4.78, 5) is 14.4. The van der Waals surface area contributed by atoms with Gasteiger partial charge in [0.1, 0.15) is 5.02 Å². The van der Waals surface area contributed by atoms with Crippen molar-refractivity contribution in [1.82, 2.24) is 9.97 Å². The van der Waals surface area contributed by atoms with E-state index >= 15 is 0 Å². The molecule has 0 atom stereocenters.